The van der Waals surface area contributed by atoms with Gasteiger partial charge in [-0.1, -0.05) is 91.0 Å². The average molecular weight is 617 g/mol. The molecule has 0 amide bonds. The third kappa shape index (κ3) is 8.55. The summed E-state index contributed by atoms with van der Waals surface area (Å²) in [6.45, 7) is 3.11. The van der Waals surface area contributed by atoms with E-state index in [1.54, 1.807) is 6.92 Å². The normalized spacial score (nSPS) is 24.1. The van der Waals surface area contributed by atoms with Crippen LogP contribution in [0.3, 0.4) is 0 Å². The maximum absolute atomic E-state index is 13.5. The fourth-order valence-electron chi connectivity index (χ4n) is 5.77. The van der Waals surface area contributed by atoms with Crippen LogP contribution in [0.2, 0.25) is 0 Å². The van der Waals surface area contributed by atoms with Gasteiger partial charge in [-0.05, 0) is 36.5 Å². The van der Waals surface area contributed by atoms with Crippen LogP contribution in [0.25, 0.3) is 0 Å². The number of rotatable bonds is 14. The molecule has 2 heterocycles. The zero-order valence-electron chi connectivity index (χ0n) is 25.4. The maximum atomic E-state index is 13.5. The van der Waals surface area contributed by atoms with Crippen molar-refractivity contribution in [3.05, 3.63) is 129 Å². The summed E-state index contributed by atoms with van der Waals surface area (Å²) in [5.74, 6) is -0.645. The number of carbonyl (C=O) groups excluding carboxylic acids is 1. The number of nitrogens with zero attached hydrogens (tertiary/aromatic N) is 1. The Morgan fingerprint density at radius 2 is 1.42 bits per heavy atom. The number of allylic oxidation sites excluding steroid dienone is 1. The molecule has 2 aliphatic heterocycles. The molecule has 0 radical (unpaired) electrons. The van der Waals surface area contributed by atoms with Crippen molar-refractivity contribution in [2.24, 2.45) is 0 Å². The third-order valence-electron chi connectivity index (χ3n) is 7.91. The van der Waals surface area contributed by atoms with Gasteiger partial charge in [-0.3, -0.25) is 10.1 Å². The Morgan fingerprint density at radius 1 is 0.867 bits per heavy atom. The third-order valence-corrected chi connectivity index (χ3v) is 7.91. The van der Waals surface area contributed by atoms with Gasteiger partial charge in [0.15, 0.2) is 12.2 Å². The van der Waals surface area contributed by atoms with Gasteiger partial charge in [-0.2, -0.15) is 0 Å². The van der Waals surface area contributed by atoms with Crippen molar-refractivity contribution < 1.29 is 33.4 Å². The molecule has 2 fully saturated rings. The lowest BCUT2D eigenvalue weighted by Crippen LogP contribution is -2.64. The summed E-state index contributed by atoms with van der Waals surface area (Å²) in [7, 11) is 0. The van der Waals surface area contributed by atoms with E-state index in [9.17, 15) is 14.9 Å². The largest absolute Gasteiger partial charge is 0.463 e. The van der Waals surface area contributed by atoms with Crippen LogP contribution >= 0.6 is 0 Å². The van der Waals surface area contributed by atoms with Gasteiger partial charge in [0, 0.05) is 17.2 Å². The number of ether oxygens (including phenoxy) is 5. The van der Waals surface area contributed by atoms with E-state index in [2.05, 4.69) is 5.32 Å². The highest BCUT2D eigenvalue weighted by Crippen LogP contribution is 2.35. The number of benzene rings is 3. The number of carbonyl (C=O) groups is 1. The Balaban J connectivity index is 1.52. The zero-order chi connectivity index (χ0) is 31.4. The van der Waals surface area contributed by atoms with Crippen LogP contribution in [-0.2, 0) is 48.3 Å². The van der Waals surface area contributed by atoms with Crippen LogP contribution in [0.5, 0.6) is 0 Å². The molecule has 0 unspecified atom stereocenters. The number of hydrogen-bond donors (Lipinski definition) is 1. The van der Waals surface area contributed by atoms with Gasteiger partial charge < -0.3 is 29.0 Å². The summed E-state index contributed by atoms with van der Waals surface area (Å²) >= 11 is 0. The first-order valence-electron chi connectivity index (χ1n) is 15.4. The lowest BCUT2D eigenvalue weighted by Gasteiger charge is -2.43. The molecule has 5 rings (SSSR count). The van der Waals surface area contributed by atoms with Crippen LogP contribution in [0.4, 0.5) is 0 Å². The second kappa shape index (κ2) is 16.3. The van der Waals surface area contributed by atoms with E-state index < -0.39 is 41.4 Å². The van der Waals surface area contributed by atoms with Crippen LogP contribution in [0.1, 0.15) is 36.5 Å². The molecule has 2 aliphatic rings. The molecule has 10 heteroatoms. The molecular formula is C35H40N2O8. The van der Waals surface area contributed by atoms with Crippen molar-refractivity contribution in [1.82, 2.24) is 5.32 Å². The van der Waals surface area contributed by atoms with E-state index in [1.165, 1.54) is 0 Å². The summed E-state index contributed by atoms with van der Waals surface area (Å²) in [6, 6.07) is 27.3. The summed E-state index contributed by atoms with van der Waals surface area (Å²) in [5.41, 5.74) is 3.44. The summed E-state index contributed by atoms with van der Waals surface area (Å²) < 4.78 is 31.0. The average Bonchev–Trinajstić information content (AvgIpc) is 3.59. The van der Waals surface area contributed by atoms with Crippen LogP contribution in [-0.4, -0.2) is 61.1 Å². The van der Waals surface area contributed by atoms with E-state index in [1.807, 2.05) is 91.0 Å². The molecule has 3 aromatic rings. The molecule has 1 N–H and O–H groups in total. The Labute approximate surface area is 263 Å². The zero-order valence-corrected chi connectivity index (χ0v) is 25.4. The molecule has 0 aromatic heterocycles. The minimum atomic E-state index is -1.46. The second-order valence-electron chi connectivity index (χ2n) is 11.0. The first-order valence-corrected chi connectivity index (χ1v) is 15.4. The van der Waals surface area contributed by atoms with Crippen LogP contribution < -0.4 is 5.32 Å². The van der Waals surface area contributed by atoms with Crippen LogP contribution in [0, 0.1) is 10.1 Å². The maximum Gasteiger partial charge on any atom is 0.338 e. The Bertz CT molecular complexity index is 1390. The molecule has 0 aliphatic carbocycles. The van der Waals surface area contributed by atoms with Gasteiger partial charge in [0.2, 0.25) is 0 Å². The van der Waals surface area contributed by atoms with Gasteiger partial charge in [-0.15, -0.1) is 0 Å². The topological polar surface area (TPSA) is 118 Å². The molecule has 238 valence electrons. The van der Waals surface area contributed by atoms with Crippen molar-refractivity contribution in [2.45, 2.75) is 70.0 Å². The van der Waals surface area contributed by atoms with Crippen molar-refractivity contribution in [3.63, 3.8) is 0 Å². The van der Waals surface area contributed by atoms with Crippen molar-refractivity contribution >= 4 is 5.97 Å². The Kier molecular flexibility index (Phi) is 11.7. The van der Waals surface area contributed by atoms with Crippen molar-refractivity contribution in [3.8, 4) is 0 Å². The minimum Gasteiger partial charge on any atom is -0.463 e. The van der Waals surface area contributed by atoms with E-state index >= 15 is 0 Å². The lowest BCUT2D eigenvalue weighted by molar-refractivity contribution is -0.559. The van der Waals surface area contributed by atoms with Crippen LogP contribution in [0.15, 0.2) is 102 Å². The highest BCUT2D eigenvalue weighted by molar-refractivity contribution is 5.90. The molecular weight excluding hydrogens is 576 g/mol. The van der Waals surface area contributed by atoms with Crippen molar-refractivity contribution in [1.29, 1.82) is 0 Å². The van der Waals surface area contributed by atoms with Gasteiger partial charge >= 0.3 is 5.97 Å². The summed E-state index contributed by atoms with van der Waals surface area (Å²) in [6.07, 6.45) is -2.69. The predicted molar refractivity (Wildman–Crippen MR) is 166 cm³/mol. The molecule has 10 nitrogen and oxygen atoms in total. The fraction of sp³-hybridized carbons (Fsp3) is 0.400. The Morgan fingerprint density at radius 3 is 1.93 bits per heavy atom. The first-order chi connectivity index (χ1) is 22.0. The molecule has 0 bridgehead atoms. The van der Waals surface area contributed by atoms with Gasteiger partial charge in [0.05, 0.1) is 38.6 Å². The van der Waals surface area contributed by atoms with Gasteiger partial charge in [0.25, 0.3) is 6.04 Å². The van der Waals surface area contributed by atoms with E-state index in [0.29, 0.717) is 25.3 Å². The number of hydrogen-bond acceptors (Lipinski definition) is 9. The SMILES string of the molecule is CCOC(=O)/C(=C1/CCCN1)[C@@H]1O[C@H](COCc2ccccc2)[C@@H](OCc2ccccc2)[C@H](OCc2ccccc2)[C@H]1[N+](=O)[O-]. The summed E-state index contributed by atoms with van der Waals surface area (Å²) in [4.78, 5) is 26.0. The van der Waals surface area contributed by atoms with Crippen molar-refractivity contribution in [2.75, 3.05) is 19.8 Å². The molecule has 0 saturated carbocycles. The van der Waals surface area contributed by atoms with E-state index in [4.69, 9.17) is 23.7 Å². The number of nitro groups is 1. The summed E-state index contributed by atoms with van der Waals surface area (Å²) in [5, 5.41) is 16.2. The highest BCUT2D eigenvalue weighted by Gasteiger charge is 2.57. The minimum absolute atomic E-state index is 0.0549. The molecule has 3 aromatic carbocycles. The molecule has 5 atom stereocenters. The molecule has 2 saturated heterocycles. The fourth-order valence-corrected chi connectivity index (χ4v) is 5.77. The van der Waals surface area contributed by atoms with Gasteiger partial charge in [0.1, 0.15) is 12.2 Å². The first kappa shape index (κ1) is 32.3. The van der Waals surface area contributed by atoms with E-state index in [-0.39, 0.29) is 32.0 Å². The number of nitrogens with one attached hydrogen (secondary N) is 1. The smallest absolute Gasteiger partial charge is 0.338 e. The second-order valence-corrected chi connectivity index (χ2v) is 11.0. The quantitative estimate of drug-likeness (QED) is 0.116. The Hall–Kier alpha value is -4.09. The molecule has 45 heavy (non-hydrogen) atoms. The standard InChI is InChI=1S/C35H40N2O8/c1-2-42-35(38)30(28-19-12-20-36-28)33-31(37(39)40)34(44-23-27-17-10-5-11-18-27)32(43-22-26-15-8-4-9-16-26)29(45-33)24-41-21-25-13-6-3-7-14-25/h3-11,13-18,29,31-34,36H,2,12,19-24H2,1H3/b30-28-/t29-,31+,32-,33+,34-/m1/s1. The highest BCUT2D eigenvalue weighted by atomic mass is 16.7. The number of esters is 1. The van der Waals surface area contributed by atoms with Gasteiger partial charge in [-0.25, -0.2) is 4.79 Å². The predicted octanol–water partition coefficient (Wildman–Crippen LogP) is 4.99. The van der Waals surface area contributed by atoms with E-state index in [0.717, 1.165) is 23.1 Å². The monoisotopic (exact) mass is 616 g/mol. The molecule has 0 spiro atoms. The lowest BCUT2D eigenvalue weighted by atomic mass is 9.87.